The van der Waals surface area contributed by atoms with Gasteiger partial charge in [0.25, 0.3) is 0 Å². The van der Waals surface area contributed by atoms with Crippen LogP contribution in [0.5, 0.6) is 0 Å². The highest BCUT2D eigenvalue weighted by molar-refractivity contribution is 6.27. The molecular weight excluding hydrogens is 800 g/mol. The molecule has 9 rings (SSSR count). The van der Waals surface area contributed by atoms with Gasteiger partial charge in [-0.1, -0.05) is 0 Å². The maximum Gasteiger partial charge on any atom is 0.206 e. The summed E-state index contributed by atoms with van der Waals surface area (Å²) in [6.45, 7) is 0. The Morgan fingerprint density at radius 3 is 1.11 bits per heavy atom. The van der Waals surface area contributed by atoms with Crippen molar-refractivity contribution in [3.8, 4) is 0 Å². The van der Waals surface area contributed by atoms with Crippen LogP contribution in [0.2, 0.25) is 0 Å². The van der Waals surface area contributed by atoms with E-state index in [0.717, 1.165) is 0 Å². The second-order valence-corrected chi connectivity index (χ2v) is 11.7. The van der Waals surface area contributed by atoms with Gasteiger partial charge in [0.05, 0.1) is 44.2 Å². The second kappa shape index (κ2) is 11.4. The number of alkyl halides is 1. The van der Waals surface area contributed by atoms with Crippen molar-refractivity contribution in [1.82, 2.24) is 4.98 Å². The molecule has 282 valence electrons. The molecule has 0 radical (unpaired) electrons. The van der Waals surface area contributed by atoms with Gasteiger partial charge in [-0.05, 0) is 0 Å². The minimum absolute atomic E-state index is 1.30. The van der Waals surface area contributed by atoms with Crippen LogP contribution in [0.3, 0.4) is 0 Å². The highest BCUT2D eigenvalue weighted by atomic mass is 19.2. The van der Waals surface area contributed by atoms with E-state index in [1.165, 1.54) is 0 Å². The fourth-order valence-electron chi connectivity index (χ4n) is 6.25. The smallest absolute Gasteiger partial charge is 0.206 e. The van der Waals surface area contributed by atoms with E-state index in [0.29, 0.717) is 0 Å². The van der Waals surface area contributed by atoms with E-state index in [1.54, 1.807) is 0 Å². The Morgan fingerprint density at radius 1 is 0.339 bits per heavy atom. The van der Waals surface area contributed by atoms with Crippen molar-refractivity contribution in [3.63, 3.8) is 0 Å². The van der Waals surface area contributed by atoms with Crippen LogP contribution in [0.25, 0.3) is 10.8 Å². The number of H-pyrrole nitrogens is 1. The highest BCUT2D eigenvalue weighted by Crippen LogP contribution is 2.45. The largest absolute Gasteiger partial charge is 0.324 e. The summed E-state index contributed by atoms with van der Waals surface area (Å²) in [4.78, 5) is 26.9. The van der Waals surface area contributed by atoms with E-state index >= 15 is 35.1 Å². The van der Waals surface area contributed by atoms with Crippen molar-refractivity contribution in [2.24, 2.45) is 34.9 Å². The van der Waals surface area contributed by atoms with Gasteiger partial charge >= 0.3 is 0 Å². The van der Waals surface area contributed by atoms with Crippen LogP contribution < -0.4 is 11.0 Å². The summed E-state index contributed by atoms with van der Waals surface area (Å²) in [6.07, 6.45) is -3.54. The predicted molar refractivity (Wildman–Crippen MR) is 156 cm³/mol. The molecule has 0 spiro atoms. The third-order valence-corrected chi connectivity index (χ3v) is 8.71. The Hall–Kier alpha value is -6.75. The lowest BCUT2D eigenvalue weighted by Crippen LogP contribution is -2.18. The molecule has 0 amide bonds. The summed E-state index contributed by atoms with van der Waals surface area (Å²) in [5, 5.41) is -2.92. The van der Waals surface area contributed by atoms with E-state index in [2.05, 4.69) is 34.9 Å². The predicted octanol–water partition coefficient (Wildman–Crippen LogP) is 6.85. The summed E-state index contributed by atoms with van der Waals surface area (Å²) in [5.74, 6) is -44.5. The Labute approximate surface area is 294 Å². The van der Waals surface area contributed by atoms with Gasteiger partial charge in [-0.25, -0.2) is 105 Å². The number of aromatic amines is 1. The van der Waals surface area contributed by atoms with Crippen molar-refractivity contribution < 1.29 is 70.2 Å². The number of nitrogens with zero attached hydrogens (tertiary/aromatic N) is 7. The Kier molecular flexibility index (Phi) is 7.12. The van der Waals surface area contributed by atoms with Crippen LogP contribution in [-0.4, -0.2) is 40.3 Å². The molecule has 8 nitrogen and oxygen atoms in total. The van der Waals surface area contributed by atoms with Gasteiger partial charge in [-0.15, -0.1) is 0 Å². The molecular formula is C32H2F16N8. The first-order valence-electron chi connectivity index (χ1n) is 14.8. The van der Waals surface area contributed by atoms with E-state index < -0.39 is 184 Å². The molecule has 24 heteroatoms. The van der Waals surface area contributed by atoms with Gasteiger partial charge in [-0.3, -0.25) is 0 Å². The van der Waals surface area contributed by atoms with E-state index in [4.69, 9.17) is 0 Å². The Morgan fingerprint density at radius 2 is 0.679 bits per heavy atom. The zero-order chi connectivity index (χ0) is 40.1. The van der Waals surface area contributed by atoms with Crippen LogP contribution >= 0.6 is 0 Å². The van der Waals surface area contributed by atoms with Gasteiger partial charge < -0.3 is 4.98 Å². The van der Waals surface area contributed by atoms with Crippen LogP contribution in [0.15, 0.2) is 69.4 Å². The number of halogens is 16. The Bertz CT molecular complexity index is 3090. The third-order valence-electron chi connectivity index (χ3n) is 8.71. The topological polar surface area (TPSA) is 102 Å². The molecule has 8 bridgehead atoms. The number of hydrogen-bond acceptors (Lipinski definition) is 7. The second-order valence-electron chi connectivity index (χ2n) is 11.7. The standard InChI is InChI=1S/C32H2F16N8/c33-9-1-2(10(34)18(42)17(9)41)26-49-25(1)53-27-3-4(12(36)20(44)19(43)11(3)35)29(50-27)55-31-7-8(16(40)24(48)23(47)15(7)39)32(52-31)56-30-6-5(28(51-30)54-26)13(37)21(45)22(46)14(6)38/h17H,(H,49,50,51,52,53,54,55,56). The summed E-state index contributed by atoms with van der Waals surface area (Å²) in [6, 6.07) is 0. The van der Waals surface area contributed by atoms with Crippen molar-refractivity contribution >= 4 is 40.0 Å². The molecule has 4 aliphatic heterocycles. The minimum atomic E-state index is -3.54. The molecule has 0 saturated carbocycles. The number of benzene rings is 3. The number of rotatable bonds is 0. The fraction of sp³-hybridized carbons (Fsp3) is 0.0312. The number of fused-ring (bicyclic) bond motifs is 16. The summed E-state index contributed by atoms with van der Waals surface area (Å²) >= 11 is 0. The average molecular weight is 802 g/mol. The SMILES string of the molecule is FC1=C(F)C(F)C(F)=C2C3=NC(=C12)N=C1N=C(N=c2[nH]c(c4c(F)c(F)c(F)c(F)c24)=NC2=NC(=N3)c3c(F)c(F)c(F)c(F)c32)c2c(F)c(F)c(F)c(F)c21. The van der Waals surface area contributed by atoms with Crippen LogP contribution in [-0.2, 0) is 0 Å². The lowest BCUT2D eigenvalue weighted by molar-refractivity contribution is 0.302. The van der Waals surface area contributed by atoms with Gasteiger partial charge in [0.15, 0.2) is 122 Å². The monoisotopic (exact) mass is 802 g/mol. The van der Waals surface area contributed by atoms with Crippen molar-refractivity contribution in [1.29, 1.82) is 0 Å². The molecule has 1 aromatic heterocycles. The molecule has 5 aliphatic rings. The highest BCUT2D eigenvalue weighted by Gasteiger charge is 2.44. The minimum Gasteiger partial charge on any atom is -0.324 e. The number of aromatic nitrogens is 1. The van der Waals surface area contributed by atoms with Gasteiger partial charge in [0.1, 0.15) is 11.0 Å². The molecule has 1 atom stereocenters. The first kappa shape index (κ1) is 35.0. The maximum atomic E-state index is 15.4. The molecule has 56 heavy (non-hydrogen) atoms. The van der Waals surface area contributed by atoms with Crippen LogP contribution in [0.4, 0.5) is 70.2 Å². The number of amidine groups is 5. The van der Waals surface area contributed by atoms with E-state index in [-0.39, 0.29) is 0 Å². The number of nitrogens with one attached hydrogen (secondary N) is 1. The summed E-state index contributed by atoms with van der Waals surface area (Å²) < 4.78 is 240. The van der Waals surface area contributed by atoms with E-state index in [9.17, 15) is 35.1 Å². The zero-order valence-electron chi connectivity index (χ0n) is 25.8. The summed E-state index contributed by atoms with van der Waals surface area (Å²) in [7, 11) is 0. The number of allylic oxidation sites excluding steroid dienone is 3. The van der Waals surface area contributed by atoms with Crippen LogP contribution in [0.1, 0.15) is 22.3 Å². The molecule has 0 saturated heterocycles. The average Bonchev–Trinajstić information content (AvgIpc) is 3.92. The van der Waals surface area contributed by atoms with Gasteiger partial charge in [-0.2, -0.15) is 0 Å². The van der Waals surface area contributed by atoms with Crippen molar-refractivity contribution in [2.75, 3.05) is 0 Å². The molecule has 4 aromatic rings. The number of hydrogen-bond donors (Lipinski definition) is 1. The lowest BCUT2D eigenvalue weighted by Gasteiger charge is -2.16. The third kappa shape index (κ3) is 4.30. The van der Waals surface area contributed by atoms with Crippen molar-refractivity contribution in [3.05, 3.63) is 137 Å². The van der Waals surface area contributed by atoms with Crippen molar-refractivity contribution in [2.45, 2.75) is 6.17 Å². The van der Waals surface area contributed by atoms with Crippen LogP contribution in [0, 0.1) is 69.8 Å². The van der Waals surface area contributed by atoms with Gasteiger partial charge in [0.2, 0.25) is 6.17 Å². The molecule has 1 aliphatic carbocycles. The normalized spacial score (nSPS) is 18.4. The first-order chi connectivity index (χ1) is 26.4. The van der Waals surface area contributed by atoms with E-state index in [1.807, 2.05) is 4.98 Å². The Balaban J connectivity index is 1.51. The quantitative estimate of drug-likeness (QED) is 0.114. The first-order valence-corrected chi connectivity index (χ1v) is 14.8. The lowest BCUT2D eigenvalue weighted by atomic mass is 9.96. The zero-order valence-corrected chi connectivity index (χ0v) is 25.8. The molecule has 1 N–H and O–H groups in total. The molecule has 5 heterocycles. The van der Waals surface area contributed by atoms with Gasteiger partial charge in [0, 0.05) is 0 Å². The fourth-order valence-corrected chi connectivity index (χ4v) is 6.25. The molecule has 1 unspecified atom stereocenters. The molecule has 3 aromatic carbocycles. The molecule has 0 fully saturated rings. The maximum absolute atomic E-state index is 15.4. The summed E-state index contributed by atoms with van der Waals surface area (Å²) in [5.41, 5.74) is -11.5. The number of aliphatic imine (C=N–C) groups is 5.